The van der Waals surface area contributed by atoms with Gasteiger partial charge in [-0.3, -0.25) is 0 Å². The van der Waals surface area contributed by atoms with Gasteiger partial charge in [-0.25, -0.2) is 9.48 Å². The Morgan fingerprint density at radius 3 is 2.67 bits per heavy atom. The van der Waals surface area contributed by atoms with Crippen LogP contribution in [0.5, 0.6) is 0 Å². The van der Waals surface area contributed by atoms with Gasteiger partial charge in [-0.1, -0.05) is 44.2 Å². The first-order chi connectivity index (χ1) is 14.5. The lowest BCUT2D eigenvalue weighted by atomic mass is 9.74. The molecule has 1 aliphatic heterocycles. The van der Waals surface area contributed by atoms with Gasteiger partial charge in [0.2, 0.25) is 0 Å². The van der Waals surface area contributed by atoms with Crippen molar-refractivity contribution < 1.29 is 6.22 Å². The predicted molar refractivity (Wildman–Crippen MR) is 118 cm³/mol. The van der Waals surface area contributed by atoms with E-state index < -0.39 is 5.54 Å². The van der Waals surface area contributed by atoms with Crippen LogP contribution in [0, 0.1) is 17.2 Å². The van der Waals surface area contributed by atoms with Crippen LogP contribution >= 0.6 is 0 Å². The van der Waals surface area contributed by atoms with E-state index in [1.54, 1.807) is 4.68 Å². The lowest BCUT2D eigenvalue weighted by Crippen LogP contribution is -2.57. The number of amides is 2. The minimum Gasteiger partial charge on any atom is -0.327 e. The van der Waals surface area contributed by atoms with Crippen LogP contribution in [0.25, 0.3) is 0 Å². The Labute approximate surface area is 182 Å². The summed E-state index contributed by atoms with van der Waals surface area (Å²) >= 11 is 0. The minimum atomic E-state index is -0.579. The van der Waals surface area contributed by atoms with Gasteiger partial charge in [0.1, 0.15) is 11.7 Å². The van der Waals surface area contributed by atoms with E-state index in [2.05, 4.69) is 47.5 Å². The highest BCUT2D eigenvalue weighted by atomic mass is 16.2. The highest BCUT2D eigenvalue weighted by Crippen LogP contribution is 2.38. The van der Waals surface area contributed by atoms with E-state index in [0.717, 1.165) is 64.0 Å². The van der Waals surface area contributed by atoms with Crippen molar-refractivity contribution in [2.75, 3.05) is 33.2 Å². The first kappa shape index (κ1) is 22.5. The number of likely N-dealkylation sites (N-methyl/N-ethyl adjacent to an activating group) is 1. The molecule has 0 radical (unpaired) electrons. The predicted octanol–water partition coefficient (Wildman–Crippen LogP) is 3.53. The molecule has 168 valence electrons. The summed E-state index contributed by atoms with van der Waals surface area (Å²) in [6.45, 7) is 7.48. The lowest BCUT2D eigenvalue weighted by Gasteiger charge is -2.41. The molecule has 1 saturated heterocycles. The molecule has 8 nitrogen and oxygen atoms in total. The maximum atomic E-state index is 13.2. The highest BCUT2D eigenvalue weighted by molar-refractivity contribution is 5.75. The Bertz CT molecular complexity index is 734. The third-order valence-electron chi connectivity index (χ3n) is 6.92. The summed E-state index contributed by atoms with van der Waals surface area (Å²) in [6, 6.07) is 2.02. The Kier molecular flexibility index (Phi) is 7.70. The molecule has 1 N–H and O–H groups in total. The summed E-state index contributed by atoms with van der Waals surface area (Å²) in [5.74, 6) is 0.323. The molecule has 2 amide bonds. The van der Waals surface area contributed by atoms with Gasteiger partial charge in [-0.15, -0.1) is 5.10 Å². The number of nitrogens with one attached hydrogen (secondary N) is 1. The molecule has 2 fully saturated rings. The number of carbonyl (C=O) groups excluding carboxylic acids is 1. The van der Waals surface area contributed by atoms with E-state index in [9.17, 15) is 10.1 Å². The first-order valence-electron chi connectivity index (χ1n) is 11.6. The molecule has 0 spiro atoms. The third-order valence-corrected chi connectivity index (χ3v) is 6.92. The van der Waals surface area contributed by atoms with Gasteiger partial charge in [0.25, 0.3) is 0 Å². The fraction of sp³-hybridized carbons (Fsp3) is 0.818. The quantitative estimate of drug-likeness (QED) is 0.733. The van der Waals surface area contributed by atoms with Gasteiger partial charge in [-0.05, 0) is 39.2 Å². The largest absolute Gasteiger partial charge is 0.327 e. The fourth-order valence-electron chi connectivity index (χ4n) is 4.69. The molecule has 1 aliphatic carbocycles. The van der Waals surface area contributed by atoms with Gasteiger partial charge < -0.3 is 15.1 Å². The molecular formula is C22H39N7O. The number of hydrogen-bond donors (Lipinski definition) is 1. The van der Waals surface area contributed by atoms with Gasteiger partial charge in [0.05, 0.1) is 17.8 Å². The van der Waals surface area contributed by atoms with E-state index in [-0.39, 0.29) is 13.5 Å². The summed E-state index contributed by atoms with van der Waals surface area (Å²) in [6.07, 6.45) is 10.4. The number of urea groups is 1. The van der Waals surface area contributed by atoms with Gasteiger partial charge >= 0.3 is 6.03 Å². The Balaban J connectivity index is 0.00000341. The van der Waals surface area contributed by atoms with E-state index in [1.807, 2.05) is 11.1 Å². The van der Waals surface area contributed by atoms with E-state index in [4.69, 9.17) is 0 Å². The number of nitriles is 1. The Hall–Kier alpha value is -2.14. The smallest absolute Gasteiger partial charge is 0.318 e. The van der Waals surface area contributed by atoms with Gasteiger partial charge in [0.15, 0.2) is 0 Å². The van der Waals surface area contributed by atoms with Crippen molar-refractivity contribution in [1.29, 1.82) is 5.26 Å². The Morgan fingerprint density at radius 1 is 1.33 bits per heavy atom. The number of piperazine rings is 1. The van der Waals surface area contributed by atoms with Crippen molar-refractivity contribution in [1.82, 2.24) is 30.1 Å². The standard InChI is InChI=1S/C22H37N7O.H2/c1-4-5-11-19(16-23)29-17-20(25-26-29)22(2,18-9-7-6-8-10-18)24-21(30)28-14-12-27(3)13-15-28;/h17-19H,4-15H2,1-3H3,(H,24,30);1H/t19-,22-;/m0./s1. The van der Waals surface area contributed by atoms with Crippen LogP contribution in [-0.4, -0.2) is 64.1 Å². The van der Waals surface area contributed by atoms with Crippen molar-refractivity contribution in [2.45, 2.75) is 76.8 Å². The highest BCUT2D eigenvalue weighted by Gasteiger charge is 2.41. The zero-order valence-corrected chi connectivity index (χ0v) is 18.8. The monoisotopic (exact) mass is 417 g/mol. The average Bonchev–Trinajstić information content (AvgIpc) is 3.26. The van der Waals surface area contributed by atoms with Gasteiger partial charge in [-0.2, -0.15) is 5.26 Å². The maximum Gasteiger partial charge on any atom is 0.318 e. The zero-order valence-electron chi connectivity index (χ0n) is 18.8. The summed E-state index contributed by atoms with van der Waals surface area (Å²) in [5.41, 5.74) is 0.192. The van der Waals surface area contributed by atoms with Crippen LogP contribution in [-0.2, 0) is 5.54 Å². The molecule has 8 heteroatoms. The van der Waals surface area contributed by atoms with Crippen molar-refractivity contribution in [2.24, 2.45) is 5.92 Å². The second-order valence-corrected chi connectivity index (χ2v) is 9.13. The lowest BCUT2D eigenvalue weighted by molar-refractivity contribution is 0.125. The van der Waals surface area contributed by atoms with Crippen LogP contribution in [0.4, 0.5) is 4.79 Å². The second-order valence-electron chi connectivity index (χ2n) is 9.13. The molecule has 1 saturated carbocycles. The van der Waals surface area contributed by atoms with Gasteiger partial charge in [0, 0.05) is 27.6 Å². The summed E-state index contributed by atoms with van der Waals surface area (Å²) < 4.78 is 1.69. The second kappa shape index (κ2) is 10.3. The number of nitrogens with zero attached hydrogens (tertiary/aromatic N) is 6. The molecule has 2 atom stereocenters. The van der Waals surface area contributed by atoms with Crippen LogP contribution in [0.3, 0.4) is 0 Å². The van der Waals surface area contributed by atoms with Crippen molar-refractivity contribution in [3.05, 3.63) is 11.9 Å². The normalized spacial score (nSPS) is 21.6. The Morgan fingerprint density at radius 2 is 2.03 bits per heavy atom. The molecule has 1 aromatic heterocycles. The van der Waals surface area contributed by atoms with Crippen molar-refractivity contribution in [3.63, 3.8) is 0 Å². The van der Waals surface area contributed by atoms with Crippen molar-refractivity contribution >= 4 is 6.03 Å². The van der Waals surface area contributed by atoms with Crippen LogP contribution in [0.1, 0.15) is 78.4 Å². The number of rotatable bonds is 7. The molecule has 3 rings (SSSR count). The van der Waals surface area contributed by atoms with Crippen LogP contribution < -0.4 is 5.32 Å². The molecule has 2 heterocycles. The molecule has 2 aliphatic rings. The summed E-state index contributed by atoms with van der Waals surface area (Å²) in [7, 11) is 2.09. The SMILES string of the molecule is CCCC[C@@H](C#N)n1cc([C@@](C)(NC(=O)N2CCN(C)CC2)C2CCCCC2)nn1.[HH]. The maximum absolute atomic E-state index is 13.2. The average molecular weight is 418 g/mol. The van der Waals surface area contributed by atoms with E-state index >= 15 is 0 Å². The number of hydrogen-bond acceptors (Lipinski definition) is 5. The zero-order chi connectivity index (χ0) is 21.6. The van der Waals surface area contributed by atoms with Crippen molar-refractivity contribution in [3.8, 4) is 6.07 Å². The third kappa shape index (κ3) is 5.12. The topological polar surface area (TPSA) is 90.1 Å². The molecule has 0 aromatic carbocycles. The van der Waals surface area contributed by atoms with Crippen LogP contribution in [0.2, 0.25) is 0 Å². The molecular weight excluding hydrogens is 378 g/mol. The molecule has 0 unspecified atom stereocenters. The van der Waals surface area contributed by atoms with E-state index in [1.165, 1.54) is 19.3 Å². The van der Waals surface area contributed by atoms with E-state index in [0.29, 0.717) is 5.92 Å². The summed E-state index contributed by atoms with van der Waals surface area (Å²) in [5, 5.41) is 21.7. The molecule has 1 aromatic rings. The number of aromatic nitrogens is 3. The number of carbonyl (C=O) groups is 1. The minimum absolute atomic E-state index is 0. The first-order valence-corrected chi connectivity index (χ1v) is 11.6. The fourth-order valence-corrected chi connectivity index (χ4v) is 4.69. The number of unbranched alkanes of at least 4 members (excludes halogenated alkanes) is 1. The molecule has 30 heavy (non-hydrogen) atoms. The molecule has 0 bridgehead atoms. The summed E-state index contributed by atoms with van der Waals surface area (Å²) in [4.78, 5) is 17.3. The van der Waals surface area contributed by atoms with Crippen LogP contribution in [0.15, 0.2) is 6.20 Å².